The van der Waals surface area contributed by atoms with Crippen molar-refractivity contribution in [3.05, 3.63) is 0 Å². The maximum atomic E-state index is 9.64. The molecule has 4 N–H and O–H groups in total. The van der Waals surface area contributed by atoms with E-state index in [0.717, 1.165) is 0 Å². The van der Waals surface area contributed by atoms with Gasteiger partial charge in [-0.2, -0.15) is 0 Å². The van der Waals surface area contributed by atoms with E-state index >= 15 is 0 Å². The highest BCUT2D eigenvalue weighted by Gasteiger charge is 2.45. The van der Waals surface area contributed by atoms with Crippen LogP contribution in [0.5, 0.6) is 0 Å². The quantitative estimate of drug-likeness (QED) is 0.471. The molecule has 96 valence electrons. The number of rotatable bonds is 2. The van der Waals surface area contributed by atoms with Crippen molar-refractivity contribution < 1.29 is 29.9 Å². The lowest BCUT2D eigenvalue weighted by atomic mass is 9.99. The molecule has 0 aromatic heterocycles. The van der Waals surface area contributed by atoms with Crippen molar-refractivity contribution in [1.82, 2.24) is 0 Å². The fourth-order valence-corrected chi connectivity index (χ4v) is 1.51. The largest absolute Gasteiger partial charge is 0.394 e. The van der Waals surface area contributed by atoms with Crippen LogP contribution in [0.3, 0.4) is 0 Å². The van der Waals surface area contributed by atoms with E-state index < -0.39 is 42.9 Å². The Kier molecular flexibility index (Phi) is 4.28. The molecule has 3 unspecified atom stereocenters. The molecular formula is C10H20O6. The smallest absolute Gasteiger partial charge is 0.187 e. The molecule has 0 aliphatic carbocycles. The standard InChI is InChI=1S/C10H20O6/c1-10(2,3)16-9-8(14)7(13)6(12)5(4-11)15-9/h5-9,11-14H,4H2,1-3H3/t5?,6-,7+,8?,9?/m1/s1. The zero-order valence-electron chi connectivity index (χ0n) is 9.70. The van der Waals surface area contributed by atoms with E-state index in [9.17, 15) is 15.3 Å². The molecule has 0 radical (unpaired) electrons. The predicted molar refractivity (Wildman–Crippen MR) is 54.6 cm³/mol. The Balaban J connectivity index is 2.71. The van der Waals surface area contributed by atoms with Crippen molar-refractivity contribution in [3.8, 4) is 0 Å². The van der Waals surface area contributed by atoms with Crippen molar-refractivity contribution in [2.75, 3.05) is 6.61 Å². The molecule has 0 amide bonds. The molecule has 0 saturated carbocycles. The van der Waals surface area contributed by atoms with Crippen LogP contribution in [0, 0.1) is 0 Å². The van der Waals surface area contributed by atoms with E-state index in [1.54, 1.807) is 20.8 Å². The topological polar surface area (TPSA) is 99.4 Å². The molecule has 1 aliphatic rings. The first-order valence-electron chi connectivity index (χ1n) is 5.24. The number of aliphatic hydroxyl groups excluding tert-OH is 4. The first-order valence-corrected chi connectivity index (χ1v) is 5.24. The van der Waals surface area contributed by atoms with Gasteiger partial charge in [0.2, 0.25) is 0 Å². The molecule has 1 heterocycles. The Bertz CT molecular complexity index is 224. The van der Waals surface area contributed by atoms with E-state index in [1.807, 2.05) is 0 Å². The van der Waals surface area contributed by atoms with Crippen LogP contribution in [-0.4, -0.2) is 63.3 Å². The maximum Gasteiger partial charge on any atom is 0.187 e. The van der Waals surface area contributed by atoms with Gasteiger partial charge < -0.3 is 29.9 Å². The number of aliphatic hydroxyl groups is 4. The molecule has 0 aromatic carbocycles. The molecular weight excluding hydrogens is 216 g/mol. The second kappa shape index (κ2) is 4.95. The summed E-state index contributed by atoms with van der Waals surface area (Å²) < 4.78 is 10.6. The van der Waals surface area contributed by atoms with Crippen LogP contribution >= 0.6 is 0 Å². The van der Waals surface area contributed by atoms with Gasteiger partial charge >= 0.3 is 0 Å². The molecule has 6 heteroatoms. The molecule has 0 bridgehead atoms. The van der Waals surface area contributed by atoms with Crippen LogP contribution in [0.4, 0.5) is 0 Å². The Labute approximate surface area is 94.4 Å². The second-order valence-electron chi connectivity index (χ2n) is 4.93. The van der Waals surface area contributed by atoms with Crippen molar-refractivity contribution in [3.63, 3.8) is 0 Å². The SMILES string of the molecule is CC(C)(C)OC1OC(CO)[C@@H](O)[C@H](O)C1O. The Morgan fingerprint density at radius 1 is 1.06 bits per heavy atom. The molecule has 16 heavy (non-hydrogen) atoms. The zero-order chi connectivity index (χ0) is 12.5. The van der Waals surface area contributed by atoms with Crippen molar-refractivity contribution in [2.24, 2.45) is 0 Å². The van der Waals surface area contributed by atoms with Crippen molar-refractivity contribution in [1.29, 1.82) is 0 Å². The molecule has 1 aliphatic heterocycles. The molecule has 0 aromatic rings. The van der Waals surface area contributed by atoms with E-state index in [2.05, 4.69) is 0 Å². The lowest BCUT2D eigenvalue weighted by Crippen LogP contribution is -2.60. The van der Waals surface area contributed by atoms with Crippen LogP contribution in [0.2, 0.25) is 0 Å². The van der Waals surface area contributed by atoms with Gasteiger partial charge in [0.15, 0.2) is 6.29 Å². The van der Waals surface area contributed by atoms with E-state index in [1.165, 1.54) is 0 Å². The third-order valence-corrected chi connectivity index (χ3v) is 2.32. The first kappa shape index (κ1) is 13.8. The molecule has 5 atom stereocenters. The van der Waals surface area contributed by atoms with Crippen LogP contribution in [0.15, 0.2) is 0 Å². The maximum absolute atomic E-state index is 9.64. The Morgan fingerprint density at radius 3 is 2.06 bits per heavy atom. The van der Waals surface area contributed by atoms with Crippen molar-refractivity contribution in [2.45, 2.75) is 57.1 Å². The summed E-state index contributed by atoms with van der Waals surface area (Å²) >= 11 is 0. The van der Waals surface area contributed by atoms with E-state index in [0.29, 0.717) is 0 Å². The first-order chi connectivity index (χ1) is 7.26. The molecule has 1 rings (SSSR count). The third-order valence-electron chi connectivity index (χ3n) is 2.32. The lowest BCUT2D eigenvalue weighted by Gasteiger charge is -2.41. The highest BCUT2D eigenvalue weighted by atomic mass is 16.7. The van der Waals surface area contributed by atoms with Gasteiger partial charge in [-0.25, -0.2) is 0 Å². The monoisotopic (exact) mass is 236 g/mol. The summed E-state index contributed by atoms with van der Waals surface area (Å²) in [4.78, 5) is 0. The van der Waals surface area contributed by atoms with E-state index in [4.69, 9.17) is 14.6 Å². The van der Waals surface area contributed by atoms with Gasteiger partial charge in [0.05, 0.1) is 12.2 Å². The number of ether oxygens (including phenoxy) is 2. The van der Waals surface area contributed by atoms with Crippen LogP contribution in [0.25, 0.3) is 0 Å². The van der Waals surface area contributed by atoms with Crippen LogP contribution < -0.4 is 0 Å². The summed E-state index contributed by atoms with van der Waals surface area (Å²) in [6, 6.07) is 0. The summed E-state index contributed by atoms with van der Waals surface area (Å²) in [6.45, 7) is 4.87. The predicted octanol–water partition coefficient (Wildman–Crippen LogP) is -1.40. The number of hydrogen-bond acceptors (Lipinski definition) is 6. The zero-order valence-corrected chi connectivity index (χ0v) is 9.70. The summed E-state index contributed by atoms with van der Waals surface area (Å²) in [5, 5.41) is 37.6. The van der Waals surface area contributed by atoms with Gasteiger partial charge in [0.1, 0.15) is 24.4 Å². The molecule has 1 fully saturated rings. The highest BCUT2D eigenvalue weighted by molar-refractivity contribution is 4.89. The second-order valence-corrected chi connectivity index (χ2v) is 4.93. The van der Waals surface area contributed by atoms with Crippen LogP contribution in [0.1, 0.15) is 20.8 Å². The van der Waals surface area contributed by atoms with Crippen molar-refractivity contribution >= 4 is 0 Å². The third kappa shape index (κ3) is 3.13. The molecule has 0 spiro atoms. The minimum Gasteiger partial charge on any atom is -0.394 e. The van der Waals surface area contributed by atoms with Gasteiger partial charge in [-0.1, -0.05) is 0 Å². The van der Waals surface area contributed by atoms with E-state index in [-0.39, 0.29) is 0 Å². The summed E-state index contributed by atoms with van der Waals surface area (Å²) in [5.74, 6) is 0. The average Bonchev–Trinajstić information content (AvgIpc) is 2.17. The summed E-state index contributed by atoms with van der Waals surface area (Å²) in [7, 11) is 0. The minimum atomic E-state index is -1.39. The Hall–Kier alpha value is -0.240. The molecule has 6 nitrogen and oxygen atoms in total. The molecule has 1 saturated heterocycles. The highest BCUT2D eigenvalue weighted by Crippen LogP contribution is 2.25. The average molecular weight is 236 g/mol. The normalized spacial score (nSPS) is 41.1. The number of hydrogen-bond donors (Lipinski definition) is 4. The Morgan fingerprint density at radius 2 is 1.62 bits per heavy atom. The fraction of sp³-hybridized carbons (Fsp3) is 1.00. The summed E-state index contributed by atoms with van der Waals surface area (Å²) in [6.07, 6.45) is -6.06. The minimum absolute atomic E-state index is 0.449. The fourth-order valence-electron chi connectivity index (χ4n) is 1.51. The van der Waals surface area contributed by atoms with Crippen LogP contribution in [-0.2, 0) is 9.47 Å². The van der Waals surface area contributed by atoms with Gasteiger partial charge in [-0.3, -0.25) is 0 Å². The van der Waals surface area contributed by atoms with Gasteiger partial charge in [0, 0.05) is 0 Å². The lowest BCUT2D eigenvalue weighted by molar-refractivity contribution is -0.320. The summed E-state index contributed by atoms with van der Waals surface area (Å²) in [5.41, 5.74) is -0.562. The van der Waals surface area contributed by atoms with Gasteiger partial charge in [-0.15, -0.1) is 0 Å². The van der Waals surface area contributed by atoms with Gasteiger partial charge in [0.25, 0.3) is 0 Å². The van der Waals surface area contributed by atoms with Gasteiger partial charge in [-0.05, 0) is 20.8 Å².